The van der Waals surface area contributed by atoms with Gasteiger partial charge in [0.15, 0.2) is 0 Å². The number of benzene rings is 2. The molecule has 0 saturated heterocycles. The molecule has 2 aromatic carbocycles. The Labute approximate surface area is 175 Å². The highest BCUT2D eigenvalue weighted by Gasteiger charge is 2.32. The van der Waals surface area contributed by atoms with Crippen molar-refractivity contribution in [2.75, 3.05) is 11.4 Å². The Bertz CT molecular complexity index is 936. The van der Waals surface area contributed by atoms with E-state index in [9.17, 15) is 9.90 Å². The summed E-state index contributed by atoms with van der Waals surface area (Å²) in [5, 5.41) is 11.0. The molecule has 3 heteroatoms. The summed E-state index contributed by atoms with van der Waals surface area (Å²) in [5.74, 6) is 0.411. The molecule has 1 heterocycles. The lowest BCUT2D eigenvalue weighted by atomic mass is 9.78. The van der Waals surface area contributed by atoms with Crippen LogP contribution in [-0.2, 0) is 15.6 Å². The number of hydrogen-bond acceptors (Lipinski definition) is 2. The predicted molar refractivity (Wildman–Crippen MR) is 122 cm³/mol. The number of anilines is 1. The summed E-state index contributed by atoms with van der Waals surface area (Å²) in [7, 11) is 0. The summed E-state index contributed by atoms with van der Waals surface area (Å²) in [4.78, 5) is 15.1. The minimum atomic E-state index is -0.204. The van der Waals surface area contributed by atoms with Crippen molar-refractivity contribution in [1.29, 1.82) is 0 Å². The second-order valence-corrected chi connectivity index (χ2v) is 10.00. The topological polar surface area (TPSA) is 40.5 Å². The summed E-state index contributed by atoms with van der Waals surface area (Å²) < 4.78 is 0. The molecule has 0 unspecified atom stereocenters. The first-order valence-electron chi connectivity index (χ1n) is 10.5. The van der Waals surface area contributed by atoms with Crippen molar-refractivity contribution >= 4 is 23.2 Å². The fraction of sp³-hybridized carbons (Fsp3) is 0.423. The number of hydrogen-bond donors (Lipinski definition) is 1. The molecule has 0 atom stereocenters. The average molecular weight is 392 g/mol. The maximum Gasteiger partial charge on any atom is 0.258 e. The van der Waals surface area contributed by atoms with Crippen molar-refractivity contribution in [1.82, 2.24) is 0 Å². The highest BCUT2D eigenvalue weighted by atomic mass is 16.3. The normalized spacial score (nSPS) is 15.9. The molecule has 0 aliphatic carbocycles. The van der Waals surface area contributed by atoms with Gasteiger partial charge in [-0.25, -0.2) is 0 Å². The van der Waals surface area contributed by atoms with E-state index in [1.54, 1.807) is 0 Å². The second kappa shape index (κ2) is 7.37. The number of nitrogens with zero attached hydrogens (tertiary/aromatic N) is 1. The van der Waals surface area contributed by atoms with Gasteiger partial charge in [0.2, 0.25) is 0 Å². The van der Waals surface area contributed by atoms with Crippen molar-refractivity contribution in [3.05, 3.63) is 58.7 Å². The second-order valence-electron chi connectivity index (χ2n) is 10.00. The zero-order valence-electron chi connectivity index (χ0n) is 18.8. The lowest BCUT2D eigenvalue weighted by Crippen LogP contribution is -2.26. The summed E-state index contributed by atoms with van der Waals surface area (Å²) >= 11 is 0. The van der Waals surface area contributed by atoms with Gasteiger partial charge in [0.05, 0.1) is 5.69 Å². The highest BCUT2D eigenvalue weighted by molar-refractivity contribution is 6.35. The Hall–Kier alpha value is -2.55. The van der Waals surface area contributed by atoms with Crippen molar-refractivity contribution in [3.8, 4) is 5.75 Å². The Morgan fingerprint density at radius 1 is 0.966 bits per heavy atom. The van der Waals surface area contributed by atoms with Crippen LogP contribution in [0.1, 0.15) is 77.1 Å². The molecule has 154 valence electrons. The molecule has 1 aliphatic rings. The molecule has 29 heavy (non-hydrogen) atoms. The van der Waals surface area contributed by atoms with E-state index in [2.05, 4.69) is 48.5 Å². The van der Waals surface area contributed by atoms with Gasteiger partial charge in [-0.3, -0.25) is 4.79 Å². The van der Waals surface area contributed by atoms with Crippen molar-refractivity contribution in [2.24, 2.45) is 0 Å². The van der Waals surface area contributed by atoms with Gasteiger partial charge in [0, 0.05) is 28.8 Å². The Balaban J connectivity index is 2.22. The first kappa shape index (κ1) is 21.2. The molecule has 3 nitrogen and oxygen atoms in total. The number of aromatic hydroxyl groups is 1. The van der Waals surface area contributed by atoms with Gasteiger partial charge in [0.25, 0.3) is 5.91 Å². The SMILES string of the molecule is CCCN1C(=O)/C(=C\c2cc(C(C)(C)C)c(O)c(C(C)(C)C)c2)c2ccccc21. The fourth-order valence-corrected chi connectivity index (χ4v) is 3.94. The Morgan fingerprint density at radius 2 is 1.52 bits per heavy atom. The molecule has 1 amide bonds. The molecule has 0 fully saturated rings. The van der Waals surface area contributed by atoms with Crippen LogP contribution in [0.15, 0.2) is 36.4 Å². The smallest absolute Gasteiger partial charge is 0.258 e. The molecule has 0 spiro atoms. The standard InChI is InChI=1S/C26H33NO2/c1-8-13-27-22-12-10-9-11-18(22)19(24(27)29)14-17-15-20(25(2,3)4)23(28)21(16-17)26(5,6)7/h9-12,14-16,28H,8,13H2,1-7H3/b19-14-. The molecular formula is C26H33NO2. The monoisotopic (exact) mass is 391 g/mol. The van der Waals surface area contributed by atoms with Gasteiger partial charge in [-0.05, 0) is 47.1 Å². The number of carbonyl (C=O) groups is 1. The summed E-state index contributed by atoms with van der Waals surface area (Å²) in [6.07, 6.45) is 2.90. The first-order chi connectivity index (χ1) is 13.4. The molecule has 0 radical (unpaired) electrons. The molecule has 3 rings (SSSR count). The quantitative estimate of drug-likeness (QED) is 0.625. The number of rotatable bonds is 3. The molecule has 0 saturated carbocycles. The number of phenolic OH excluding ortho intramolecular Hbond substituents is 1. The summed E-state index contributed by atoms with van der Waals surface area (Å²) in [6, 6.07) is 12.0. The van der Waals surface area contributed by atoms with Crippen molar-refractivity contribution < 1.29 is 9.90 Å². The number of carbonyl (C=O) groups excluding carboxylic acids is 1. The number of para-hydroxylation sites is 1. The van der Waals surface area contributed by atoms with Crippen LogP contribution in [0.2, 0.25) is 0 Å². The van der Waals surface area contributed by atoms with E-state index in [1.165, 1.54) is 0 Å². The predicted octanol–water partition coefficient (Wildman–Crippen LogP) is 6.28. The highest BCUT2D eigenvalue weighted by Crippen LogP contribution is 2.42. The zero-order chi connectivity index (χ0) is 21.6. The van der Waals surface area contributed by atoms with Crippen molar-refractivity contribution in [2.45, 2.75) is 65.7 Å². The fourth-order valence-electron chi connectivity index (χ4n) is 3.94. The third-order valence-corrected chi connectivity index (χ3v) is 5.47. The molecule has 0 aromatic heterocycles. The number of amides is 1. The molecule has 1 N–H and O–H groups in total. The van der Waals surface area contributed by atoms with Gasteiger partial charge in [-0.15, -0.1) is 0 Å². The van der Waals surface area contributed by atoms with Crippen LogP contribution in [-0.4, -0.2) is 17.6 Å². The minimum absolute atomic E-state index is 0.0516. The van der Waals surface area contributed by atoms with Crippen LogP contribution in [0.4, 0.5) is 5.69 Å². The number of fused-ring (bicyclic) bond motifs is 1. The summed E-state index contributed by atoms with van der Waals surface area (Å²) in [5.41, 5.74) is 5.04. The molecule has 0 bridgehead atoms. The van der Waals surface area contributed by atoms with Crippen LogP contribution < -0.4 is 4.90 Å². The van der Waals surface area contributed by atoms with Crippen LogP contribution in [0.25, 0.3) is 11.6 Å². The third-order valence-electron chi connectivity index (χ3n) is 5.47. The lowest BCUT2D eigenvalue weighted by Gasteiger charge is -2.28. The molecular weight excluding hydrogens is 358 g/mol. The maximum absolute atomic E-state index is 13.2. The van der Waals surface area contributed by atoms with E-state index in [-0.39, 0.29) is 16.7 Å². The molecule has 2 aromatic rings. The van der Waals surface area contributed by atoms with Gasteiger partial charge >= 0.3 is 0 Å². The zero-order valence-corrected chi connectivity index (χ0v) is 18.8. The van der Waals surface area contributed by atoms with Crippen LogP contribution in [0, 0.1) is 0 Å². The van der Waals surface area contributed by atoms with Crippen LogP contribution in [0.3, 0.4) is 0 Å². The minimum Gasteiger partial charge on any atom is -0.507 e. The Morgan fingerprint density at radius 3 is 2.03 bits per heavy atom. The van der Waals surface area contributed by atoms with E-state index in [0.29, 0.717) is 12.3 Å². The third kappa shape index (κ3) is 3.96. The van der Waals surface area contributed by atoms with E-state index in [0.717, 1.165) is 39.9 Å². The van der Waals surface area contributed by atoms with Gasteiger partial charge in [0.1, 0.15) is 5.75 Å². The molecule has 1 aliphatic heterocycles. The van der Waals surface area contributed by atoms with Gasteiger partial charge < -0.3 is 10.0 Å². The van der Waals surface area contributed by atoms with Crippen molar-refractivity contribution in [3.63, 3.8) is 0 Å². The van der Waals surface area contributed by atoms with Crippen LogP contribution in [0.5, 0.6) is 5.75 Å². The van der Waals surface area contributed by atoms with E-state index >= 15 is 0 Å². The van der Waals surface area contributed by atoms with E-state index in [1.807, 2.05) is 47.4 Å². The average Bonchev–Trinajstić information content (AvgIpc) is 2.87. The van der Waals surface area contributed by atoms with Crippen LogP contribution >= 0.6 is 0 Å². The lowest BCUT2D eigenvalue weighted by molar-refractivity contribution is -0.113. The van der Waals surface area contributed by atoms with Gasteiger partial charge in [-0.2, -0.15) is 0 Å². The number of phenols is 1. The largest absolute Gasteiger partial charge is 0.507 e. The first-order valence-corrected chi connectivity index (χ1v) is 10.5. The summed E-state index contributed by atoms with van der Waals surface area (Å²) in [6.45, 7) is 15.4. The van der Waals surface area contributed by atoms with E-state index in [4.69, 9.17) is 0 Å². The Kier molecular flexibility index (Phi) is 5.38. The maximum atomic E-state index is 13.2. The van der Waals surface area contributed by atoms with E-state index < -0.39 is 0 Å². The van der Waals surface area contributed by atoms with Gasteiger partial charge in [-0.1, -0.05) is 66.7 Å².